The van der Waals surface area contributed by atoms with Crippen LogP contribution in [0.1, 0.15) is 0 Å². The first-order chi connectivity index (χ1) is 11.2. The fourth-order valence-electron chi connectivity index (χ4n) is 2.17. The molecule has 3 rings (SSSR count). The molecule has 6 heteroatoms. The van der Waals surface area contributed by atoms with Crippen LogP contribution in [0.25, 0.3) is 20.5 Å². The van der Waals surface area contributed by atoms with Crippen molar-refractivity contribution in [1.29, 1.82) is 0 Å². The molecule has 0 aliphatic rings. The molecular formula is C17H17FN2O2S. The first-order valence-corrected chi connectivity index (χ1v) is 8.06. The zero-order valence-electron chi connectivity index (χ0n) is 12.6. The predicted molar refractivity (Wildman–Crippen MR) is 92.1 cm³/mol. The van der Waals surface area contributed by atoms with Crippen LogP contribution in [0.5, 0.6) is 5.75 Å². The molecule has 0 saturated carbocycles. The third-order valence-corrected chi connectivity index (χ3v) is 4.56. The molecule has 0 aliphatic carbocycles. The Bertz CT molecular complexity index is 789. The Labute approximate surface area is 137 Å². The molecule has 1 atom stereocenters. The maximum absolute atomic E-state index is 12.2. The summed E-state index contributed by atoms with van der Waals surface area (Å²) in [6.45, 7) is -0.851. The highest BCUT2D eigenvalue weighted by atomic mass is 32.1. The number of ether oxygens (including phenoxy) is 1. The summed E-state index contributed by atoms with van der Waals surface area (Å²) in [5.74, 6) is 1.46. The number of anilines is 1. The normalized spacial score (nSPS) is 12.3. The number of fused-ring (bicyclic) bond motifs is 1. The number of hydrogen-bond donors (Lipinski definition) is 2. The van der Waals surface area contributed by atoms with E-state index in [1.165, 1.54) is 0 Å². The Hall–Kier alpha value is -2.18. The summed E-state index contributed by atoms with van der Waals surface area (Å²) >= 11 is 1.64. The molecule has 0 fully saturated rings. The third-order valence-electron chi connectivity index (χ3n) is 3.42. The van der Waals surface area contributed by atoms with E-state index in [2.05, 4.69) is 16.4 Å². The van der Waals surface area contributed by atoms with E-state index in [-0.39, 0.29) is 6.61 Å². The number of aromatic nitrogens is 1. The lowest BCUT2D eigenvalue weighted by Gasteiger charge is -2.08. The summed E-state index contributed by atoms with van der Waals surface area (Å²) < 4.78 is 18.7. The van der Waals surface area contributed by atoms with Gasteiger partial charge in [0.1, 0.15) is 31.0 Å². The van der Waals surface area contributed by atoms with Gasteiger partial charge < -0.3 is 15.2 Å². The van der Waals surface area contributed by atoms with Crippen LogP contribution in [0.2, 0.25) is 0 Å². The molecule has 4 nitrogen and oxygen atoms in total. The summed E-state index contributed by atoms with van der Waals surface area (Å²) in [6.07, 6.45) is 0.757. The van der Waals surface area contributed by atoms with Crippen molar-refractivity contribution in [3.05, 3.63) is 42.6 Å². The molecule has 0 amide bonds. The number of nitrogens with zero attached hydrogens (tertiary/aromatic N) is 1. The first-order valence-electron chi connectivity index (χ1n) is 7.24. The van der Waals surface area contributed by atoms with Gasteiger partial charge in [-0.1, -0.05) is 0 Å². The molecule has 2 N–H and O–H groups in total. The van der Waals surface area contributed by atoms with Gasteiger partial charge in [-0.05, 0) is 41.8 Å². The minimum absolute atomic E-state index is 0.0460. The van der Waals surface area contributed by atoms with Crippen molar-refractivity contribution in [2.75, 3.05) is 25.6 Å². The average molecular weight is 332 g/mol. The lowest BCUT2D eigenvalue weighted by Crippen LogP contribution is -2.19. The first kappa shape index (κ1) is 15.7. The Morgan fingerprint density at radius 2 is 2.17 bits per heavy atom. The van der Waals surface area contributed by atoms with Gasteiger partial charge in [0.15, 0.2) is 0 Å². The minimum Gasteiger partial charge on any atom is -0.491 e. The monoisotopic (exact) mass is 332 g/mol. The number of pyridine rings is 1. The number of hydrogen-bond acceptors (Lipinski definition) is 5. The molecule has 1 aromatic carbocycles. The second-order valence-electron chi connectivity index (χ2n) is 5.11. The average Bonchev–Trinajstić information content (AvgIpc) is 3.03. The fourth-order valence-corrected chi connectivity index (χ4v) is 3.25. The van der Waals surface area contributed by atoms with E-state index in [1.807, 2.05) is 43.6 Å². The van der Waals surface area contributed by atoms with E-state index in [0.29, 0.717) is 5.75 Å². The van der Waals surface area contributed by atoms with Gasteiger partial charge in [-0.15, -0.1) is 11.3 Å². The van der Waals surface area contributed by atoms with Crippen LogP contribution >= 0.6 is 11.3 Å². The second-order valence-corrected chi connectivity index (χ2v) is 6.20. The van der Waals surface area contributed by atoms with E-state index < -0.39 is 12.8 Å². The lowest BCUT2D eigenvalue weighted by molar-refractivity contribution is 0.0842. The second kappa shape index (κ2) is 6.93. The topological polar surface area (TPSA) is 54.4 Å². The summed E-state index contributed by atoms with van der Waals surface area (Å²) in [6, 6.07) is 11.8. The number of rotatable bonds is 6. The molecular weight excluding hydrogens is 315 g/mol. The standard InChI is InChI=1S/C17H17FN2O2S/c1-19-17-5-3-12(9-20-17)15-6-11-2-4-14(7-16(11)23-15)22-10-13(21)8-18/h2-7,9,13,21H,8,10H2,1H3,(H,19,20)/t13-/m1/s1. The third kappa shape index (κ3) is 3.60. The maximum Gasteiger partial charge on any atom is 0.125 e. The number of halogens is 1. The summed E-state index contributed by atoms with van der Waals surface area (Å²) in [4.78, 5) is 5.45. The smallest absolute Gasteiger partial charge is 0.125 e. The van der Waals surface area contributed by atoms with Crippen LogP contribution in [0.3, 0.4) is 0 Å². The van der Waals surface area contributed by atoms with Crippen LogP contribution in [0.4, 0.5) is 10.2 Å². The van der Waals surface area contributed by atoms with Crippen LogP contribution in [0, 0.1) is 0 Å². The van der Waals surface area contributed by atoms with Gasteiger partial charge in [-0.2, -0.15) is 0 Å². The summed E-state index contributed by atoms with van der Waals surface area (Å²) in [7, 11) is 1.84. The SMILES string of the molecule is CNc1ccc(-c2cc3ccc(OC[C@H](O)CF)cc3s2)cn1. The molecule has 0 bridgehead atoms. The molecule has 3 aromatic rings. The lowest BCUT2D eigenvalue weighted by atomic mass is 10.2. The number of alkyl halides is 1. The predicted octanol–water partition coefficient (Wildman–Crippen LogP) is 3.71. The van der Waals surface area contributed by atoms with E-state index in [0.717, 1.165) is 26.3 Å². The molecule has 0 saturated heterocycles. The van der Waals surface area contributed by atoms with Gasteiger partial charge in [0.2, 0.25) is 0 Å². The van der Waals surface area contributed by atoms with E-state index in [4.69, 9.17) is 4.74 Å². The van der Waals surface area contributed by atoms with Crippen LogP contribution in [-0.4, -0.2) is 36.5 Å². The quantitative estimate of drug-likeness (QED) is 0.722. The van der Waals surface area contributed by atoms with Crippen molar-refractivity contribution in [3.63, 3.8) is 0 Å². The Kier molecular flexibility index (Phi) is 4.73. The highest BCUT2D eigenvalue weighted by Crippen LogP contribution is 2.35. The van der Waals surface area contributed by atoms with E-state index >= 15 is 0 Å². The van der Waals surface area contributed by atoms with Crippen molar-refractivity contribution in [2.24, 2.45) is 0 Å². The number of nitrogens with one attached hydrogen (secondary N) is 1. The van der Waals surface area contributed by atoms with Crippen molar-refractivity contribution < 1.29 is 14.2 Å². The fraction of sp³-hybridized carbons (Fsp3) is 0.235. The highest BCUT2D eigenvalue weighted by Gasteiger charge is 2.08. The largest absolute Gasteiger partial charge is 0.491 e. The number of benzene rings is 1. The molecule has 120 valence electrons. The molecule has 23 heavy (non-hydrogen) atoms. The number of aliphatic hydroxyl groups excluding tert-OH is 1. The van der Waals surface area contributed by atoms with Gasteiger partial charge in [0.25, 0.3) is 0 Å². The molecule has 2 aromatic heterocycles. The van der Waals surface area contributed by atoms with Crippen molar-refractivity contribution in [2.45, 2.75) is 6.10 Å². The molecule has 0 spiro atoms. The van der Waals surface area contributed by atoms with Crippen molar-refractivity contribution in [1.82, 2.24) is 4.98 Å². The Morgan fingerprint density at radius 1 is 1.30 bits per heavy atom. The van der Waals surface area contributed by atoms with Gasteiger partial charge in [-0.25, -0.2) is 9.37 Å². The van der Waals surface area contributed by atoms with Gasteiger partial charge in [-0.3, -0.25) is 0 Å². The Balaban J connectivity index is 1.83. The summed E-state index contributed by atoms with van der Waals surface area (Å²) in [5, 5.41) is 13.3. The van der Waals surface area contributed by atoms with Crippen molar-refractivity contribution >= 4 is 27.2 Å². The molecule has 0 radical (unpaired) electrons. The zero-order chi connectivity index (χ0) is 16.2. The van der Waals surface area contributed by atoms with E-state index in [1.54, 1.807) is 11.3 Å². The highest BCUT2D eigenvalue weighted by molar-refractivity contribution is 7.22. The zero-order valence-corrected chi connectivity index (χ0v) is 13.4. The van der Waals surface area contributed by atoms with Gasteiger partial charge in [0, 0.05) is 28.4 Å². The number of aliphatic hydroxyl groups is 1. The van der Waals surface area contributed by atoms with Gasteiger partial charge in [0.05, 0.1) is 0 Å². The van der Waals surface area contributed by atoms with Crippen molar-refractivity contribution in [3.8, 4) is 16.2 Å². The van der Waals surface area contributed by atoms with Gasteiger partial charge >= 0.3 is 0 Å². The Morgan fingerprint density at radius 3 is 2.87 bits per heavy atom. The minimum atomic E-state index is -1.08. The molecule has 0 unspecified atom stereocenters. The maximum atomic E-state index is 12.2. The van der Waals surface area contributed by atoms with Crippen LogP contribution in [-0.2, 0) is 0 Å². The molecule has 0 aliphatic heterocycles. The van der Waals surface area contributed by atoms with Crippen LogP contribution in [0.15, 0.2) is 42.6 Å². The summed E-state index contributed by atoms with van der Waals surface area (Å²) in [5.41, 5.74) is 1.06. The number of thiophene rings is 1. The van der Waals surface area contributed by atoms with Crippen LogP contribution < -0.4 is 10.1 Å². The molecule has 2 heterocycles. The van der Waals surface area contributed by atoms with E-state index in [9.17, 15) is 9.50 Å².